The van der Waals surface area contributed by atoms with E-state index in [1.807, 2.05) is 24.3 Å². The molecule has 22 heavy (non-hydrogen) atoms. The number of para-hydroxylation sites is 1. The SMILES string of the molecule is CCc1cccc2c(/C=C(\C#N)C(N)=C(C#N)C#N)c[nH]c12. The van der Waals surface area contributed by atoms with Gasteiger partial charge >= 0.3 is 0 Å². The van der Waals surface area contributed by atoms with Gasteiger partial charge in [-0.15, -0.1) is 0 Å². The molecule has 3 N–H and O–H groups in total. The Labute approximate surface area is 128 Å². The minimum absolute atomic E-state index is 0.0981. The number of nitrogens with zero attached hydrogens (tertiary/aromatic N) is 3. The number of allylic oxidation sites excluding steroid dienone is 2. The first-order chi connectivity index (χ1) is 10.7. The third kappa shape index (κ3) is 2.54. The van der Waals surface area contributed by atoms with Crippen molar-refractivity contribution in [2.75, 3.05) is 0 Å². The predicted molar refractivity (Wildman–Crippen MR) is 83.7 cm³/mol. The van der Waals surface area contributed by atoms with Crippen LogP contribution in [-0.4, -0.2) is 4.98 Å². The number of benzene rings is 1. The number of hydrogen-bond acceptors (Lipinski definition) is 4. The van der Waals surface area contributed by atoms with Gasteiger partial charge in [-0.2, -0.15) is 15.8 Å². The summed E-state index contributed by atoms with van der Waals surface area (Å²) >= 11 is 0. The summed E-state index contributed by atoms with van der Waals surface area (Å²) < 4.78 is 0. The first-order valence-electron chi connectivity index (χ1n) is 6.67. The second-order valence-corrected chi connectivity index (χ2v) is 4.62. The highest BCUT2D eigenvalue weighted by Gasteiger charge is 2.10. The molecule has 0 atom stereocenters. The highest BCUT2D eigenvalue weighted by atomic mass is 14.7. The van der Waals surface area contributed by atoms with E-state index in [2.05, 4.69) is 11.9 Å². The maximum atomic E-state index is 9.25. The Kier molecular flexibility index (Phi) is 4.27. The summed E-state index contributed by atoms with van der Waals surface area (Å²) in [6.07, 6.45) is 4.26. The number of rotatable bonds is 3. The molecule has 0 aliphatic heterocycles. The largest absolute Gasteiger partial charge is 0.396 e. The minimum atomic E-state index is -0.262. The average Bonchev–Trinajstić information content (AvgIpc) is 2.96. The van der Waals surface area contributed by atoms with Gasteiger partial charge in [0.2, 0.25) is 0 Å². The molecule has 0 unspecified atom stereocenters. The van der Waals surface area contributed by atoms with Gasteiger partial charge in [-0.1, -0.05) is 25.1 Å². The van der Waals surface area contributed by atoms with Crippen LogP contribution < -0.4 is 5.73 Å². The lowest BCUT2D eigenvalue weighted by Crippen LogP contribution is -2.03. The Morgan fingerprint density at radius 3 is 2.55 bits per heavy atom. The van der Waals surface area contributed by atoms with E-state index in [0.29, 0.717) is 0 Å². The number of nitrogens with one attached hydrogen (secondary N) is 1. The molecule has 2 aromatic rings. The number of nitrogens with two attached hydrogens (primary N) is 1. The molecule has 5 nitrogen and oxygen atoms in total. The molecule has 1 heterocycles. The van der Waals surface area contributed by atoms with Crippen molar-refractivity contribution in [2.24, 2.45) is 5.73 Å². The number of aryl methyl sites for hydroxylation is 1. The molecule has 0 amide bonds. The number of fused-ring (bicyclic) bond motifs is 1. The topological polar surface area (TPSA) is 113 Å². The molecule has 0 bridgehead atoms. The van der Waals surface area contributed by atoms with Gasteiger partial charge in [0.1, 0.15) is 18.2 Å². The quantitative estimate of drug-likeness (QED) is 0.667. The summed E-state index contributed by atoms with van der Waals surface area (Å²) in [6, 6.07) is 11.3. The van der Waals surface area contributed by atoms with Crippen LogP contribution in [0.2, 0.25) is 0 Å². The van der Waals surface area contributed by atoms with Crippen molar-refractivity contribution >= 4 is 17.0 Å². The van der Waals surface area contributed by atoms with Crippen molar-refractivity contribution in [3.63, 3.8) is 0 Å². The third-order valence-electron chi connectivity index (χ3n) is 3.42. The molecule has 0 spiro atoms. The summed E-state index contributed by atoms with van der Waals surface area (Å²) in [5.41, 5.74) is 8.45. The Hall–Kier alpha value is -3.49. The van der Waals surface area contributed by atoms with Crippen LogP contribution in [0.1, 0.15) is 18.1 Å². The lowest BCUT2D eigenvalue weighted by atomic mass is 10.0. The van der Waals surface area contributed by atoms with E-state index in [4.69, 9.17) is 16.3 Å². The fourth-order valence-corrected chi connectivity index (χ4v) is 2.26. The zero-order chi connectivity index (χ0) is 16.1. The summed E-state index contributed by atoms with van der Waals surface area (Å²) in [5, 5.41) is 27.9. The molecule has 0 saturated heterocycles. The van der Waals surface area contributed by atoms with Gasteiger partial charge in [0, 0.05) is 22.7 Å². The monoisotopic (exact) mass is 287 g/mol. The van der Waals surface area contributed by atoms with E-state index >= 15 is 0 Å². The van der Waals surface area contributed by atoms with Crippen LogP contribution in [0, 0.1) is 34.0 Å². The Bertz CT molecular complexity index is 891. The molecule has 2 rings (SSSR count). The number of H-pyrrole nitrogens is 1. The molecule has 5 heteroatoms. The molecule has 0 radical (unpaired) electrons. The van der Waals surface area contributed by atoms with Gasteiger partial charge in [0.15, 0.2) is 5.57 Å². The Balaban J connectivity index is 2.63. The maximum Gasteiger partial charge on any atom is 0.153 e. The summed E-state index contributed by atoms with van der Waals surface area (Å²) in [4.78, 5) is 3.19. The molecule has 1 aromatic carbocycles. The molecular weight excluding hydrogens is 274 g/mol. The van der Waals surface area contributed by atoms with Gasteiger partial charge in [0.05, 0.1) is 11.3 Å². The van der Waals surface area contributed by atoms with Crippen molar-refractivity contribution in [3.05, 3.63) is 52.4 Å². The van der Waals surface area contributed by atoms with Crippen molar-refractivity contribution in [1.29, 1.82) is 15.8 Å². The zero-order valence-corrected chi connectivity index (χ0v) is 12.0. The summed E-state index contributed by atoms with van der Waals surface area (Å²) in [7, 11) is 0. The van der Waals surface area contributed by atoms with Gasteiger partial charge in [-0.05, 0) is 18.1 Å². The van der Waals surface area contributed by atoms with E-state index in [9.17, 15) is 5.26 Å². The van der Waals surface area contributed by atoms with Gasteiger partial charge < -0.3 is 10.7 Å². The lowest BCUT2D eigenvalue weighted by Gasteiger charge is -2.00. The van der Waals surface area contributed by atoms with Gasteiger partial charge in [-0.3, -0.25) is 0 Å². The molecule has 0 saturated carbocycles. The lowest BCUT2D eigenvalue weighted by molar-refractivity contribution is 1.15. The van der Waals surface area contributed by atoms with Crippen molar-refractivity contribution in [1.82, 2.24) is 4.98 Å². The number of nitriles is 3. The fourth-order valence-electron chi connectivity index (χ4n) is 2.26. The smallest absolute Gasteiger partial charge is 0.153 e. The Morgan fingerprint density at radius 2 is 1.95 bits per heavy atom. The molecule has 0 fully saturated rings. The summed E-state index contributed by atoms with van der Waals surface area (Å²) in [5.74, 6) is 0. The first-order valence-corrected chi connectivity index (χ1v) is 6.67. The van der Waals surface area contributed by atoms with E-state index in [1.165, 1.54) is 5.56 Å². The van der Waals surface area contributed by atoms with Crippen LogP contribution in [0.15, 0.2) is 41.2 Å². The van der Waals surface area contributed by atoms with Crippen molar-refractivity contribution < 1.29 is 0 Å². The minimum Gasteiger partial charge on any atom is -0.396 e. The van der Waals surface area contributed by atoms with E-state index in [1.54, 1.807) is 24.4 Å². The van der Waals surface area contributed by atoms with Crippen LogP contribution in [0.4, 0.5) is 0 Å². The van der Waals surface area contributed by atoms with Crippen LogP contribution >= 0.6 is 0 Å². The van der Waals surface area contributed by atoms with Crippen LogP contribution in [-0.2, 0) is 6.42 Å². The molecule has 0 aliphatic carbocycles. The number of aromatic amines is 1. The summed E-state index contributed by atoms with van der Waals surface area (Å²) in [6.45, 7) is 2.07. The molecular formula is C17H13N5. The van der Waals surface area contributed by atoms with Crippen molar-refractivity contribution in [2.45, 2.75) is 13.3 Å². The second kappa shape index (κ2) is 6.31. The highest BCUT2D eigenvalue weighted by Crippen LogP contribution is 2.25. The fraction of sp³-hybridized carbons (Fsp3) is 0.118. The molecule has 106 valence electrons. The van der Waals surface area contributed by atoms with Crippen molar-refractivity contribution in [3.8, 4) is 18.2 Å². The van der Waals surface area contributed by atoms with Crippen LogP contribution in [0.5, 0.6) is 0 Å². The van der Waals surface area contributed by atoms with E-state index in [0.717, 1.165) is 22.9 Å². The third-order valence-corrected chi connectivity index (χ3v) is 3.42. The van der Waals surface area contributed by atoms with Gasteiger partial charge in [-0.25, -0.2) is 0 Å². The van der Waals surface area contributed by atoms with Crippen LogP contribution in [0.25, 0.3) is 17.0 Å². The zero-order valence-electron chi connectivity index (χ0n) is 12.0. The normalized spacial score (nSPS) is 10.5. The molecule has 1 aromatic heterocycles. The number of hydrogen-bond donors (Lipinski definition) is 2. The maximum absolute atomic E-state index is 9.25. The molecule has 0 aliphatic rings. The predicted octanol–water partition coefficient (Wildman–Crippen LogP) is 2.90. The highest BCUT2D eigenvalue weighted by molar-refractivity contribution is 5.92. The first kappa shape index (κ1) is 14.9. The Morgan fingerprint density at radius 1 is 1.23 bits per heavy atom. The standard InChI is InChI=1S/C17H13N5/c1-2-11-4-3-5-15-13(10-22-17(11)15)6-12(7-18)16(21)14(8-19)9-20/h3-6,10,22H,2,21H2,1H3/b12-6+. The van der Waals surface area contributed by atoms with Crippen LogP contribution in [0.3, 0.4) is 0 Å². The number of aromatic nitrogens is 1. The van der Waals surface area contributed by atoms with E-state index in [-0.39, 0.29) is 16.8 Å². The van der Waals surface area contributed by atoms with E-state index < -0.39 is 0 Å². The second-order valence-electron chi connectivity index (χ2n) is 4.62. The van der Waals surface area contributed by atoms with Gasteiger partial charge in [0.25, 0.3) is 0 Å². The average molecular weight is 287 g/mol.